The van der Waals surface area contributed by atoms with Crippen LogP contribution in [0, 0.1) is 11.8 Å². The number of hydrogen-bond donors (Lipinski definition) is 5. The highest BCUT2D eigenvalue weighted by molar-refractivity contribution is 9.09. The average Bonchev–Trinajstić information content (AvgIpc) is 0.813. The van der Waals surface area contributed by atoms with E-state index in [4.69, 9.17) is 85.3 Å². The molecule has 4 rings (SSSR count). The van der Waals surface area contributed by atoms with Gasteiger partial charge in [0.15, 0.2) is 18.9 Å². The molecule has 3 aliphatic heterocycles. The van der Waals surface area contributed by atoms with Crippen LogP contribution in [-0.4, -0.2) is 322 Å². The van der Waals surface area contributed by atoms with E-state index in [0.29, 0.717) is 60.4 Å². The van der Waals surface area contributed by atoms with Gasteiger partial charge in [-0.05, 0) is 32.6 Å². The molecule has 0 bridgehead atoms. The number of ether oxygens (including phenoxy) is 18. The number of nitrogens with one attached hydrogen (secondary N) is 3. The lowest BCUT2D eigenvalue weighted by Gasteiger charge is -2.53. The molecule has 0 aromatic rings. The number of unbranched alkanes of at least 4 members (excludes halogenated alkanes) is 6. The van der Waals surface area contributed by atoms with Gasteiger partial charge in [0.25, 0.3) is 0 Å². The molecule has 3 heterocycles. The zero-order chi connectivity index (χ0) is 67.3. The second-order valence-electron chi connectivity index (χ2n) is 22.4. The van der Waals surface area contributed by atoms with E-state index >= 15 is 0 Å². The van der Waals surface area contributed by atoms with Crippen molar-refractivity contribution in [1.29, 1.82) is 0 Å². The van der Waals surface area contributed by atoms with Crippen LogP contribution in [0.1, 0.15) is 58.3 Å². The van der Waals surface area contributed by atoms with Crippen LogP contribution in [-0.2, 0) is 99.6 Å². The van der Waals surface area contributed by atoms with Crippen molar-refractivity contribution in [1.82, 2.24) is 20.9 Å². The molecule has 91 heavy (non-hydrogen) atoms. The summed E-state index contributed by atoms with van der Waals surface area (Å²) in [7, 11) is 19.1. The lowest BCUT2D eigenvalue weighted by atomic mass is 9.72. The quantitative estimate of drug-likeness (QED) is 0.0331. The molecule has 4 aliphatic rings. The van der Waals surface area contributed by atoms with Crippen molar-refractivity contribution in [2.24, 2.45) is 11.8 Å². The Bertz CT molecular complexity index is 1890. The number of carbonyl (C=O) groups excluding carboxylic acids is 3. The number of amides is 3. The Kier molecular flexibility index (Phi) is 46.0. The summed E-state index contributed by atoms with van der Waals surface area (Å²) in [4.78, 5) is 36.2. The summed E-state index contributed by atoms with van der Waals surface area (Å²) in [5, 5.41) is 21.3. The predicted molar refractivity (Wildman–Crippen MR) is 357 cm³/mol. The maximum Gasteiger partial charge on any atom is 0.233 e. The first-order valence-electron chi connectivity index (χ1n) is 31.3. The van der Waals surface area contributed by atoms with Gasteiger partial charge in [0.1, 0.15) is 61.0 Å². The molecule has 31 heteroatoms. The van der Waals surface area contributed by atoms with Crippen molar-refractivity contribution in [2.75, 3.05) is 179 Å². The van der Waals surface area contributed by atoms with Gasteiger partial charge >= 0.3 is 0 Å². The Morgan fingerprint density at radius 2 is 0.956 bits per heavy atom. The van der Waals surface area contributed by atoms with E-state index in [1.165, 1.54) is 7.11 Å². The summed E-state index contributed by atoms with van der Waals surface area (Å²) in [6.07, 6.45) is -3.18. The zero-order valence-electron chi connectivity index (χ0n) is 55.8. The number of halogens is 3. The highest BCUT2D eigenvalue weighted by Gasteiger charge is 2.58. The fraction of sp³-hybridized carbons (Fsp3) is 0.950. The highest BCUT2D eigenvalue weighted by atomic mass is 79.9. The Balaban J connectivity index is 0.000000671. The lowest BCUT2D eigenvalue weighted by molar-refractivity contribution is -0.381. The normalized spacial score (nSPS) is 32.6. The molecule has 0 radical (unpaired) electrons. The third kappa shape index (κ3) is 26.4. The van der Waals surface area contributed by atoms with Crippen LogP contribution in [0.3, 0.4) is 0 Å². The van der Waals surface area contributed by atoms with Crippen LogP contribution in [0.5, 0.6) is 0 Å². The molecule has 3 saturated heterocycles. The molecule has 0 spiro atoms. The SMILES string of the molecule is COCC1C(SCCOCCS)[C@@H](N[C@H]2C(C)O[C@@H](O[C@H]3C(COC)O[C@@H](O[C@H]4C(COC)OC(OC)C(OC)[C@@H]4OC)C(OC)[C@@H]3OC)C(OC)[C@@H]2OC)C(OC)[C@H](OC)[C@H]1CO.O=C(CBr)NCCCCCCN(CCCCCCNC(=O)CBr)C(=O)CBr. The number of alkyl halides is 3. The Hall–Kier alpha value is -0.250. The van der Waals surface area contributed by atoms with Crippen molar-refractivity contribution in [3.05, 3.63) is 0 Å². The van der Waals surface area contributed by atoms with Gasteiger partial charge in [-0.15, -0.1) is 0 Å². The third-order valence-corrected chi connectivity index (χ3v) is 20.0. The molecule has 0 aromatic heterocycles. The minimum Gasteiger partial charge on any atom is -0.396 e. The maximum atomic E-state index is 12.0. The molecule has 4 fully saturated rings. The average molecular weight is 1540 g/mol. The van der Waals surface area contributed by atoms with E-state index in [1.807, 2.05) is 11.8 Å². The first-order chi connectivity index (χ1) is 44.1. The standard InChI is InChI=1S/C42H79NO19S2.C18H32Br3N3O3/c1-22-27(43-28-33(50-7)29(48-5)23(18-44)24(19-45-2)39(28)64-17-15-57-14-16-63)32(49-6)36(53-10)41(58-22)61-31-26(21-47-4)60-42(38(55-12)35(31)52-9)62-30-25(20-46-3)59-40(56-13)37(54-11)34(30)51-8;19-13-16(25)22-9-5-1-3-7-11-24(18(27)15-21)12-8-4-2-6-10-23-17(26)14-20/h22-44,63H,14-21H2,1-13H3;1-15H2,(H,22,25)(H,23,26)/t22?,23-,24?,25?,26?,27-,28-,29+,30-,31-,32+,33?,34+,35+,36?,37?,38?,39?,40?,41-,42-;/m0./s1. The van der Waals surface area contributed by atoms with Gasteiger partial charge in [0.05, 0.1) is 73.4 Å². The van der Waals surface area contributed by atoms with Gasteiger partial charge in [-0.3, -0.25) is 14.4 Å². The molecule has 1 saturated carbocycles. The molecular weight excluding hydrogens is 1430 g/mol. The van der Waals surface area contributed by atoms with Crippen LogP contribution < -0.4 is 16.0 Å². The van der Waals surface area contributed by atoms with Gasteiger partial charge in [-0.25, -0.2) is 0 Å². The van der Waals surface area contributed by atoms with Crippen LogP contribution in [0.25, 0.3) is 0 Å². The number of carbonyl (C=O) groups is 3. The number of thioether (sulfide) groups is 1. The predicted octanol–water partition coefficient (Wildman–Crippen LogP) is 3.62. The third-order valence-electron chi connectivity index (χ3n) is 16.9. The van der Waals surface area contributed by atoms with Crippen molar-refractivity contribution >= 4 is 89.9 Å². The Morgan fingerprint density at radius 3 is 1.40 bits per heavy atom. The minimum absolute atomic E-state index is 0.0228. The fourth-order valence-corrected chi connectivity index (χ4v) is 14.8. The van der Waals surface area contributed by atoms with Gasteiger partial charge < -0.3 is 111 Å². The van der Waals surface area contributed by atoms with Crippen molar-refractivity contribution in [2.45, 2.75) is 174 Å². The smallest absolute Gasteiger partial charge is 0.233 e. The summed E-state index contributed by atoms with van der Waals surface area (Å²) in [6, 6.07) is -0.755. The van der Waals surface area contributed by atoms with E-state index < -0.39 is 104 Å². The number of thiol groups is 1. The second-order valence-corrected chi connectivity index (χ2v) is 25.8. The molecule has 1 aliphatic carbocycles. The number of rotatable bonds is 45. The van der Waals surface area contributed by atoms with E-state index in [-0.39, 0.29) is 60.7 Å². The van der Waals surface area contributed by atoms with Gasteiger partial charge in [0.2, 0.25) is 17.7 Å². The van der Waals surface area contributed by atoms with Crippen LogP contribution in [0.4, 0.5) is 0 Å². The fourth-order valence-electron chi connectivity index (χ4n) is 12.4. The summed E-state index contributed by atoms with van der Waals surface area (Å²) >= 11 is 15.5. The molecular formula is C60H111Br3N4O22S2. The van der Waals surface area contributed by atoms with E-state index in [0.717, 1.165) is 64.5 Å². The van der Waals surface area contributed by atoms with E-state index in [2.05, 4.69) is 76.4 Å². The summed E-state index contributed by atoms with van der Waals surface area (Å²) < 4.78 is 110. The molecule has 536 valence electrons. The topological polar surface area (TPSA) is 277 Å². The first-order valence-corrected chi connectivity index (χ1v) is 36.3. The van der Waals surface area contributed by atoms with E-state index in [1.54, 1.807) is 90.0 Å². The lowest BCUT2D eigenvalue weighted by Crippen LogP contribution is -2.72. The van der Waals surface area contributed by atoms with Crippen LogP contribution >= 0.6 is 72.2 Å². The van der Waals surface area contributed by atoms with E-state index in [9.17, 15) is 19.5 Å². The Morgan fingerprint density at radius 1 is 0.505 bits per heavy atom. The number of hydrogen-bond acceptors (Lipinski definition) is 25. The molecule has 21 atom stereocenters. The number of methoxy groups -OCH3 is 12. The molecule has 10 unspecified atom stereocenters. The van der Waals surface area contributed by atoms with Gasteiger partial charge in [0, 0.05) is 153 Å². The summed E-state index contributed by atoms with van der Waals surface area (Å²) in [5.41, 5.74) is 0. The van der Waals surface area contributed by atoms with Crippen LogP contribution in [0.2, 0.25) is 0 Å². The first kappa shape index (κ1) is 85.0. The highest BCUT2D eigenvalue weighted by Crippen LogP contribution is 2.42. The molecule has 26 nitrogen and oxygen atoms in total. The zero-order valence-corrected chi connectivity index (χ0v) is 62.3. The summed E-state index contributed by atoms with van der Waals surface area (Å²) in [6.45, 7) is 6.60. The number of aliphatic hydroxyl groups is 1. The Labute approximate surface area is 576 Å². The van der Waals surface area contributed by atoms with Crippen molar-refractivity contribution in [3.63, 3.8) is 0 Å². The molecule has 0 aromatic carbocycles. The van der Waals surface area contributed by atoms with Gasteiger partial charge in [-0.2, -0.15) is 24.4 Å². The van der Waals surface area contributed by atoms with Crippen molar-refractivity contribution in [3.8, 4) is 0 Å². The summed E-state index contributed by atoms with van der Waals surface area (Å²) in [5.74, 6) is 1.15. The minimum atomic E-state index is -1.02. The molecule has 3 amide bonds. The largest absolute Gasteiger partial charge is 0.396 e. The van der Waals surface area contributed by atoms with Gasteiger partial charge in [-0.1, -0.05) is 73.5 Å². The second kappa shape index (κ2) is 49.3. The number of aliphatic hydroxyl groups excluding tert-OH is 1. The molecule has 4 N–H and O–H groups in total. The maximum absolute atomic E-state index is 12.0. The van der Waals surface area contributed by atoms with Crippen LogP contribution in [0.15, 0.2) is 0 Å². The van der Waals surface area contributed by atoms with Crippen molar-refractivity contribution < 1.29 is 105 Å². The monoisotopic (exact) mass is 1540 g/mol. The number of nitrogens with zero attached hydrogens (tertiary/aromatic N) is 1.